The second kappa shape index (κ2) is 10.8. The molecular weight excluding hydrogens is 420 g/mol. The van der Waals surface area contributed by atoms with Crippen molar-refractivity contribution in [1.29, 1.82) is 0 Å². The van der Waals surface area contributed by atoms with E-state index in [0.29, 0.717) is 30.2 Å². The summed E-state index contributed by atoms with van der Waals surface area (Å²) in [4.78, 5) is 13.6. The van der Waals surface area contributed by atoms with Gasteiger partial charge in [-0.25, -0.2) is 4.98 Å². The average Bonchev–Trinajstić information content (AvgIpc) is 3.22. The molecule has 3 aromatic rings. The molecule has 0 amide bonds. The van der Waals surface area contributed by atoms with Crippen LogP contribution in [0.5, 0.6) is 5.75 Å². The lowest BCUT2D eigenvalue weighted by molar-refractivity contribution is 0.276. The number of hydrogen-bond acceptors (Lipinski definition) is 9. The van der Waals surface area contributed by atoms with E-state index in [4.69, 9.17) is 15.5 Å². The van der Waals surface area contributed by atoms with Crippen LogP contribution in [0.1, 0.15) is 56.2 Å². The minimum atomic E-state index is 0.0813. The number of anilines is 2. The zero-order valence-corrected chi connectivity index (χ0v) is 19.4. The van der Waals surface area contributed by atoms with E-state index >= 15 is 0 Å². The van der Waals surface area contributed by atoms with Crippen LogP contribution in [-0.2, 0) is 6.54 Å². The lowest BCUT2D eigenvalue weighted by atomic mass is 9.91. The van der Waals surface area contributed by atoms with Crippen molar-refractivity contribution in [2.24, 2.45) is 0 Å². The van der Waals surface area contributed by atoms with Crippen molar-refractivity contribution >= 4 is 22.8 Å². The van der Waals surface area contributed by atoms with Crippen LogP contribution >= 0.6 is 0 Å². The van der Waals surface area contributed by atoms with Gasteiger partial charge in [0.25, 0.3) is 0 Å². The van der Waals surface area contributed by atoms with Gasteiger partial charge in [-0.3, -0.25) is 9.67 Å². The number of aliphatic hydroxyl groups excluding tert-OH is 1. The van der Waals surface area contributed by atoms with Gasteiger partial charge in [-0.05, 0) is 56.3 Å². The predicted molar refractivity (Wildman–Crippen MR) is 128 cm³/mol. The lowest BCUT2D eigenvalue weighted by Crippen LogP contribution is -2.26. The summed E-state index contributed by atoms with van der Waals surface area (Å²) in [6.45, 7) is 4.70. The fourth-order valence-electron chi connectivity index (χ4n) is 4.53. The zero-order valence-electron chi connectivity index (χ0n) is 19.4. The Morgan fingerprint density at radius 3 is 2.82 bits per heavy atom. The third kappa shape index (κ3) is 5.33. The van der Waals surface area contributed by atoms with Crippen molar-refractivity contribution in [3.05, 3.63) is 29.7 Å². The Morgan fingerprint density at radius 1 is 1.27 bits per heavy atom. The molecule has 4 heterocycles. The molecule has 33 heavy (non-hydrogen) atoms. The number of nitrogens with one attached hydrogen (secondary N) is 2. The number of methoxy groups -OCH3 is 1. The lowest BCUT2D eigenvalue weighted by Gasteiger charge is -2.23. The van der Waals surface area contributed by atoms with Crippen LogP contribution in [0.25, 0.3) is 11.0 Å². The number of piperidine rings is 1. The van der Waals surface area contributed by atoms with Crippen molar-refractivity contribution in [2.75, 3.05) is 37.9 Å². The fourth-order valence-corrected chi connectivity index (χ4v) is 4.53. The standard InChI is InChI=1S/C23H34N8O2/c1-3-4-17(7-10-32)28-22-21-18(29-23(24)30-22)13-27-31(21)14-19-20(33-2)11-16(12-26-19)15-5-8-25-9-6-15/h11-13,15,17,25,32H,3-10,14H2,1-2H3,(H3,24,28,29,30). The van der Waals surface area contributed by atoms with Crippen LogP contribution < -0.4 is 21.1 Å². The fraction of sp³-hybridized carbons (Fsp3) is 0.565. The minimum Gasteiger partial charge on any atom is -0.495 e. The molecule has 1 saturated heterocycles. The van der Waals surface area contributed by atoms with Gasteiger partial charge >= 0.3 is 0 Å². The normalized spacial score (nSPS) is 15.6. The number of rotatable bonds is 10. The Kier molecular flexibility index (Phi) is 7.56. The summed E-state index contributed by atoms with van der Waals surface area (Å²) >= 11 is 0. The molecule has 0 saturated carbocycles. The maximum Gasteiger partial charge on any atom is 0.222 e. The van der Waals surface area contributed by atoms with Crippen LogP contribution in [0.3, 0.4) is 0 Å². The van der Waals surface area contributed by atoms with Crippen molar-refractivity contribution in [1.82, 2.24) is 30.0 Å². The largest absolute Gasteiger partial charge is 0.495 e. The van der Waals surface area contributed by atoms with Crippen LogP contribution in [0.4, 0.5) is 11.8 Å². The number of aromatic nitrogens is 5. The first-order valence-electron chi connectivity index (χ1n) is 11.7. The minimum absolute atomic E-state index is 0.0813. The molecule has 0 aromatic carbocycles. The number of nitrogens with zero attached hydrogens (tertiary/aromatic N) is 5. The quantitative estimate of drug-likeness (QED) is 0.364. The summed E-state index contributed by atoms with van der Waals surface area (Å²) in [5.41, 5.74) is 9.39. The molecule has 1 aliphatic heterocycles. The van der Waals surface area contributed by atoms with Gasteiger partial charge < -0.3 is 26.2 Å². The molecule has 1 fully saturated rings. The predicted octanol–water partition coefficient (Wildman–Crippen LogP) is 2.29. The van der Waals surface area contributed by atoms with Crippen molar-refractivity contribution in [3.8, 4) is 5.75 Å². The molecule has 1 unspecified atom stereocenters. The number of fused-ring (bicyclic) bond motifs is 1. The van der Waals surface area contributed by atoms with Gasteiger partial charge in [-0.2, -0.15) is 10.1 Å². The van der Waals surface area contributed by atoms with E-state index in [1.807, 2.05) is 10.9 Å². The van der Waals surface area contributed by atoms with Gasteiger partial charge in [0.1, 0.15) is 22.5 Å². The summed E-state index contributed by atoms with van der Waals surface area (Å²) in [6, 6.07) is 2.19. The SMILES string of the molecule is CCCC(CCO)Nc1nc(N)nc2cnn(Cc3ncc(C4CCNCC4)cc3OC)c12. The van der Waals surface area contributed by atoms with E-state index in [0.717, 1.165) is 55.7 Å². The van der Waals surface area contributed by atoms with E-state index in [1.54, 1.807) is 13.3 Å². The Bertz CT molecular complexity index is 1060. The first kappa shape index (κ1) is 23.2. The number of nitrogen functional groups attached to an aromatic ring is 1. The van der Waals surface area contributed by atoms with Gasteiger partial charge in [0, 0.05) is 18.8 Å². The van der Waals surface area contributed by atoms with Gasteiger partial charge in [-0.1, -0.05) is 13.3 Å². The molecule has 0 radical (unpaired) electrons. The van der Waals surface area contributed by atoms with Crippen LogP contribution in [0, 0.1) is 0 Å². The number of nitrogens with two attached hydrogens (primary N) is 1. The zero-order chi connectivity index (χ0) is 23.2. The molecule has 178 valence electrons. The average molecular weight is 455 g/mol. The Morgan fingerprint density at radius 2 is 2.09 bits per heavy atom. The van der Waals surface area contributed by atoms with Gasteiger partial charge in [0.05, 0.1) is 19.9 Å². The van der Waals surface area contributed by atoms with Gasteiger partial charge in [0.2, 0.25) is 5.95 Å². The number of aliphatic hydroxyl groups is 1. The highest BCUT2D eigenvalue weighted by Gasteiger charge is 2.20. The Labute approximate surface area is 194 Å². The van der Waals surface area contributed by atoms with Crippen LogP contribution in [0.15, 0.2) is 18.5 Å². The molecule has 5 N–H and O–H groups in total. The molecule has 10 heteroatoms. The van der Waals surface area contributed by atoms with E-state index in [9.17, 15) is 5.11 Å². The third-order valence-corrected chi connectivity index (χ3v) is 6.24. The van der Waals surface area contributed by atoms with E-state index in [2.05, 4.69) is 38.7 Å². The molecule has 0 bridgehead atoms. The molecule has 10 nitrogen and oxygen atoms in total. The summed E-state index contributed by atoms with van der Waals surface area (Å²) in [7, 11) is 1.68. The van der Waals surface area contributed by atoms with Crippen LogP contribution in [-0.4, -0.2) is 62.7 Å². The maximum absolute atomic E-state index is 9.45. The molecule has 0 spiro atoms. The third-order valence-electron chi connectivity index (χ3n) is 6.24. The highest BCUT2D eigenvalue weighted by atomic mass is 16.5. The van der Waals surface area contributed by atoms with E-state index in [1.165, 1.54) is 5.56 Å². The second-order valence-corrected chi connectivity index (χ2v) is 8.55. The second-order valence-electron chi connectivity index (χ2n) is 8.55. The van der Waals surface area contributed by atoms with Crippen molar-refractivity contribution < 1.29 is 9.84 Å². The van der Waals surface area contributed by atoms with E-state index in [-0.39, 0.29) is 18.6 Å². The molecular formula is C23H34N8O2. The number of pyridine rings is 1. The molecule has 1 aliphatic rings. The topological polar surface area (TPSA) is 136 Å². The maximum atomic E-state index is 9.45. The summed E-state index contributed by atoms with van der Waals surface area (Å²) < 4.78 is 7.53. The first-order valence-corrected chi connectivity index (χ1v) is 11.7. The Balaban J connectivity index is 1.64. The summed E-state index contributed by atoms with van der Waals surface area (Å²) in [5.74, 6) is 2.06. The molecule has 3 aromatic heterocycles. The monoisotopic (exact) mass is 454 g/mol. The van der Waals surface area contributed by atoms with Crippen molar-refractivity contribution in [2.45, 2.75) is 57.5 Å². The highest BCUT2D eigenvalue weighted by molar-refractivity contribution is 5.86. The number of ether oxygens (including phenoxy) is 1. The van der Waals surface area contributed by atoms with E-state index < -0.39 is 0 Å². The smallest absolute Gasteiger partial charge is 0.222 e. The molecule has 0 aliphatic carbocycles. The van der Waals surface area contributed by atoms with Crippen molar-refractivity contribution in [3.63, 3.8) is 0 Å². The molecule has 4 rings (SSSR count). The summed E-state index contributed by atoms with van der Waals surface area (Å²) in [6.07, 6.45) is 8.39. The van der Waals surface area contributed by atoms with Gasteiger partial charge in [0.15, 0.2) is 5.82 Å². The van der Waals surface area contributed by atoms with Gasteiger partial charge in [-0.15, -0.1) is 0 Å². The van der Waals surface area contributed by atoms with Crippen LogP contribution in [0.2, 0.25) is 0 Å². The Hall–Kier alpha value is -2.98. The highest BCUT2D eigenvalue weighted by Crippen LogP contribution is 2.30. The number of hydrogen-bond donors (Lipinski definition) is 4. The summed E-state index contributed by atoms with van der Waals surface area (Å²) in [5, 5.41) is 20.9. The molecule has 1 atom stereocenters. The first-order chi connectivity index (χ1) is 16.1.